The van der Waals surface area contributed by atoms with Crippen LogP contribution in [0.5, 0.6) is 0 Å². The number of rotatable bonds is 2. The van der Waals surface area contributed by atoms with E-state index in [9.17, 15) is 4.39 Å². The Balaban J connectivity index is 2.07. The molecule has 0 aromatic heterocycles. The Bertz CT molecular complexity index is 351. The van der Waals surface area contributed by atoms with Crippen molar-refractivity contribution in [3.8, 4) is 0 Å². The molecule has 1 fully saturated rings. The maximum atomic E-state index is 13.4. The van der Waals surface area contributed by atoms with Crippen molar-refractivity contribution in [1.82, 2.24) is 0 Å². The maximum absolute atomic E-state index is 13.4. The Morgan fingerprint density at radius 1 is 1.40 bits per heavy atom. The zero-order chi connectivity index (χ0) is 10.8. The molecule has 1 aliphatic rings. The van der Waals surface area contributed by atoms with Gasteiger partial charge < -0.3 is 11.1 Å². The smallest absolute Gasteiger partial charge is 0.146 e. The van der Waals surface area contributed by atoms with Gasteiger partial charge in [-0.1, -0.05) is 6.07 Å². The van der Waals surface area contributed by atoms with Crippen LogP contribution in [-0.2, 0) is 0 Å². The third-order valence-corrected chi connectivity index (χ3v) is 2.95. The van der Waals surface area contributed by atoms with Crippen molar-refractivity contribution >= 4 is 5.69 Å². The van der Waals surface area contributed by atoms with Gasteiger partial charge in [0.1, 0.15) is 5.82 Å². The lowest BCUT2D eigenvalue weighted by Gasteiger charge is -2.15. The highest BCUT2D eigenvalue weighted by Crippen LogP contribution is 2.24. The van der Waals surface area contributed by atoms with Crippen molar-refractivity contribution in [2.45, 2.75) is 38.3 Å². The van der Waals surface area contributed by atoms with Crippen molar-refractivity contribution in [1.29, 1.82) is 0 Å². The third-order valence-electron chi connectivity index (χ3n) is 2.95. The number of anilines is 1. The van der Waals surface area contributed by atoms with E-state index in [1.54, 1.807) is 6.07 Å². The summed E-state index contributed by atoms with van der Waals surface area (Å²) in [5.74, 6) is -0.180. The van der Waals surface area contributed by atoms with Crippen LogP contribution in [0.4, 0.5) is 10.1 Å². The van der Waals surface area contributed by atoms with Crippen molar-refractivity contribution < 1.29 is 4.39 Å². The van der Waals surface area contributed by atoms with E-state index in [0.717, 1.165) is 24.8 Å². The molecule has 1 aromatic rings. The Morgan fingerprint density at radius 3 is 2.87 bits per heavy atom. The van der Waals surface area contributed by atoms with Gasteiger partial charge in [0, 0.05) is 12.1 Å². The first-order valence-electron chi connectivity index (χ1n) is 5.43. The van der Waals surface area contributed by atoms with E-state index in [1.165, 1.54) is 6.07 Å². The lowest BCUT2D eigenvalue weighted by molar-refractivity contribution is 0.622. The summed E-state index contributed by atoms with van der Waals surface area (Å²) in [6.07, 6.45) is 3.01. The Hall–Kier alpha value is -1.09. The van der Waals surface area contributed by atoms with Crippen LogP contribution in [0, 0.1) is 12.7 Å². The van der Waals surface area contributed by atoms with Crippen molar-refractivity contribution in [3.63, 3.8) is 0 Å². The second kappa shape index (κ2) is 4.19. The van der Waals surface area contributed by atoms with E-state index in [2.05, 4.69) is 5.32 Å². The van der Waals surface area contributed by atoms with Gasteiger partial charge in [0.2, 0.25) is 0 Å². The zero-order valence-electron chi connectivity index (χ0n) is 8.96. The van der Waals surface area contributed by atoms with E-state index in [1.807, 2.05) is 13.0 Å². The van der Waals surface area contributed by atoms with Crippen LogP contribution in [0.25, 0.3) is 0 Å². The van der Waals surface area contributed by atoms with E-state index < -0.39 is 0 Å². The van der Waals surface area contributed by atoms with Crippen LogP contribution in [0.1, 0.15) is 24.8 Å². The number of hydrogen-bond donors (Lipinski definition) is 2. The summed E-state index contributed by atoms with van der Waals surface area (Å²) < 4.78 is 13.4. The molecule has 3 N–H and O–H groups in total. The van der Waals surface area contributed by atoms with Gasteiger partial charge in [-0.2, -0.15) is 0 Å². The molecule has 1 aliphatic carbocycles. The van der Waals surface area contributed by atoms with Crippen LogP contribution in [0.3, 0.4) is 0 Å². The van der Waals surface area contributed by atoms with Gasteiger partial charge in [0.25, 0.3) is 0 Å². The minimum atomic E-state index is -0.180. The molecule has 0 amide bonds. The average Bonchev–Trinajstić information content (AvgIpc) is 2.58. The van der Waals surface area contributed by atoms with Gasteiger partial charge >= 0.3 is 0 Å². The Morgan fingerprint density at radius 2 is 2.20 bits per heavy atom. The molecule has 15 heavy (non-hydrogen) atoms. The van der Waals surface area contributed by atoms with E-state index >= 15 is 0 Å². The predicted molar refractivity (Wildman–Crippen MR) is 60.4 cm³/mol. The molecule has 0 heterocycles. The van der Waals surface area contributed by atoms with Crippen LogP contribution in [0.15, 0.2) is 18.2 Å². The van der Waals surface area contributed by atoms with Gasteiger partial charge in [-0.25, -0.2) is 4.39 Å². The summed E-state index contributed by atoms with van der Waals surface area (Å²) in [7, 11) is 0. The van der Waals surface area contributed by atoms with Gasteiger partial charge in [-0.3, -0.25) is 0 Å². The van der Waals surface area contributed by atoms with E-state index in [0.29, 0.717) is 11.7 Å². The fraction of sp³-hybridized carbons (Fsp3) is 0.500. The van der Waals surface area contributed by atoms with Crippen LogP contribution in [-0.4, -0.2) is 12.1 Å². The predicted octanol–water partition coefficient (Wildman–Crippen LogP) is 2.43. The zero-order valence-corrected chi connectivity index (χ0v) is 8.96. The summed E-state index contributed by atoms with van der Waals surface area (Å²) in [5.41, 5.74) is 7.49. The molecule has 2 rings (SSSR count). The molecule has 1 aromatic carbocycles. The number of nitrogens with one attached hydrogen (secondary N) is 1. The summed E-state index contributed by atoms with van der Waals surface area (Å²) in [6.45, 7) is 1.96. The number of halogens is 1. The largest absolute Gasteiger partial charge is 0.380 e. The minimum absolute atomic E-state index is 0.180. The first-order valence-corrected chi connectivity index (χ1v) is 5.43. The summed E-state index contributed by atoms with van der Waals surface area (Å²) in [4.78, 5) is 0. The molecular formula is C12H17FN2. The second-order valence-corrected chi connectivity index (χ2v) is 4.40. The molecule has 2 unspecified atom stereocenters. The molecule has 0 spiro atoms. The van der Waals surface area contributed by atoms with Crippen LogP contribution >= 0.6 is 0 Å². The number of aryl methyl sites for hydroxylation is 1. The third kappa shape index (κ3) is 2.48. The van der Waals surface area contributed by atoms with Crippen molar-refractivity contribution in [2.24, 2.45) is 5.73 Å². The lowest BCUT2D eigenvalue weighted by Crippen LogP contribution is -2.21. The van der Waals surface area contributed by atoms with E-state index in [4.69, 9.17) is 5.73 Å². The second-order valence-electron chi connectivity index (χ2n) is 4.40. The highest BCUT2D eigenvalue weighted by Gasteiger charge is 2.22. The molecule has 0 saturated heterocycles. The molecular weight excluding hydrogens is 191 g/mol. The topological polar surface area (TPSA) is 38.0 Å². The van der Waals surface area contributed by atoms with Gasteiger partial charge in [0.05, 0.1) is 5.69 Å². The monoisotopic (exact) mass is 208 g/mol. The molecule has 0 aliphatic heterocycles. The number of nitrogens with two attached hydrogens (primary N) is 1. The summed E-state index contributed by atoms with van der Waals surface area (Å²) >= 11 is 0. The Kier molecular flexibility index (Phi) is 2.91. The molecule has 0 bridgehead atoms. The molecule has 3 heteroatoms. The molecule has 82 valence electrons. The molecule has 0 radical (unpaired) electrons. The average molecular weight is 208 g/mol. The molecule has 2 atom stereocenters. The van der Waals surface area contributed by atoms with Gasteiger partial charge in [-0.05, 0) is 43.9 Å². The van der Waals surface area contributed by atoms with Gasteiger partial charge in [-0.15, -0.1) is 0 Å². The summed E-state index contributed by atoms with van der Waals surface area (Å²) in [5, 5.41) is 3.23. The van der Waals surface area contributed by atoms with Crippen LogP contribution in [0.2, 0.25) is 0 Å². The first-order chi connectivity index (χ1) is 7.15. The highest BCUT2D eigenvalue weighted by molar-refractivity contribution is 5.48. The molecule has 1 saturated carbocycles. The van der Waals surface area contributed by atoms with Crippen molar-refractivity contribution in [2.75, 3.05) is 5.32 Å². The van der Waals surface area contributed by atoms with Crippen LogP contribution < -0.4 is 11.1 Å². The first kappa shape index (κ1) is 10.4. The van der Waals surface area contributed by atoms with Gasteiger partial charge in [0.15, 0.2) is 0 Å². The lowest BCUT2D eigenvalue weighted by atomic mass is 10.2. The number of benzene rings is 1. The quantitative estimate of drug-likeness (QED) is 0.783. The fourth-order valence-electron chi connectivity index (χ4n) is 2.12. The Labute approximate surface area is 89.7 Å². The SMILES string of the molecule is Cc1ccc(F)c(NC2CCC(N)C2)c1. The maximum Gasteiger partial charge on any atom is 0.146 e. The standard InChI is InChI=1S/C12H17FN2/c1-8-2-5-11(13)12(6-8)15-10-4-3-9(14)7-10/h2,5-6,9-10,15H,3-4,7,14H2,1H3. The minimum Gasteiger partial charge on any atom is -0.380 e. The van der Waals surface area contributed by atoms with Crippen molar-refractivity contribution in [3.05, 3.63) is 29.6 Å². The summed E-state index contributed by atoms with van der Waals surface area (Å²) in [6, 6.07) is 5.73. The number of hydrogen-bond acceptors (Lipinski definition) is 2. The van der Waals surface area contributed by atoms with E-state index in [-0.39, 0.29) is 11.9 Å². The fourth-order valence-corrected chi connectivity index (χ4v) is 2.12. The normalized spacial score (nSPS) is 25.5. The molecule has 2 nitrogen and oxygen atoms in total. The highest BCUT2D eigenvalue weighted by atomic mass is 19.1.